The van der Waals surface area contributed by atoms with E-state index in [0.717, 1.165) is 11.3 Å². The number of hydrogen-bond acceptors (Lipinski definition) is 3. The van der Waals surface area contributed by atoms with Gasteiger partial charge in [-0.25, -0.2) is 4.79 Å². The lowest BCUT2D eigenvalue weighted by atomic mass is 9.98. The molecule has 1 N–H and O–H groups in total. The zero-order chi connectivity index (χ0) is 22.3. The Kier molecular flexibility index (Phi) is 6.90. The van der Waals surface area contributed by atoms with Gasteiger partial charge in [-0.1, -0.05) is 86.7 Å². The Labute approximate surface area is 189 Å². The van der Waals surface area contributed by atoms with Crippen LogP contribution in [0.3, 0.4) is 0 Å². The average molecular weight is 428 g/mol. The number of carbonyl (C=O) groups excluding carboxylic acids is 1. The predicted molar refractivity (Wildman–Crippen MR) is 129 cm³/mol. The van der Waals surface area contributed by atoms with Crippen LogP contribution in [-0.4, -0.2) is 25.9 Å². The highest BCUT2D eigenvalue weighted by Gasteiger charge is 2.28. The summed E-state index contributed by atoms with van der Waals surface area (Å²) in [6.45, 7) is 5.68. The molecule has 4 heteroatoms. The molecule has 0 saturated heterocycles. The number of amides is 1. The second kappa shape index (κ2) is 10.2. The lowest BCUT2D eigenvalue weighted by molar-refractivity contribution is 0.144. The monoisotopic (exact) mass is 427 g/mol. The number of ether oxygens (including phenoxy) is 2. The highest BCUT2D eigenvalue weighted by Crippen LogP contribution is 2.44. The lowest BCUT2D eigenvalue weighted by Crippen LogP contribution is -2.26. The van der Waals surface area contributed by atoms with Gasteiger partial charge in [0.15, 0.2) is 0 Å². The van der Waals surface area contributed by atoms with E-state index < -0.39 is 6.09 Å². The maximum atomic E-state index is 12.2. The summed E-state index contributed by atoms with van der Waals surface area (Å²) in [6.07, 6.45) is 3.47. The van der Waals surface area contributed by atoms with Crippen molar-refractivity contribution >= 4 is 12.2 Å². The number of rotatable bonds is 8. The van der Waals surface area contributed by atoms with Gasteiger partial charge in [-0.15, -0.1) is 0 Å². The topological polar surface area (TPSA) is 47.6 Å². The minimum absolute atomic E-state index is 0.0696. The molecule has 0 fully saturated rings. The summed E-state index contributed by atoms with van der Waals surface area (Å²) < 4.78 is 11.2. The van der Waals surface area contributed by atoms with E-state index in [2.05, 4.69) is 43.4 Å². The highest BCUT2D eigenvalue weighted by molar-refractivity contribution is 5.79. The van der Waals surface area contributed by atoms with Gasteiger partial charge in [0.1, 0.15) is 12.4 Å². The smallest absolute Gasteiger partial charge is 0.407 e. The molecule has 0 bridgehead atoms. The quantitative estimate of drug-likeness (QED) is 0.461. The summed E-state index contributed by atoms with van der Waals surface area (Å²) in [4.78, 5) is 12.2. The number of carbonyl (C=O) groups is 1. The summed E-state index contributed by atoms with van der Waals surface area (Å²) in [5, 5.41) is 2.80. The van der Waals surface area contributed by atoms with Crippen LogP contribution in [0.2, 0.25) is 0 Å². The van der Waals surface area contributed by atoms with Crippen molar-refractivity contribution in [3.05, 3.63) is 95.6 Å². The Morgan fingerprint density at radius 3 is 2.19 bits per heavy atom. The van der Waals surface area contributed by atoms with Crippen LogP contribution in [0.5, 0.6) is 5.75 Å². The second-order valence-electron chi connectivity index (χ2n) is 8.38. The van der Waals surface area contributed by atoms with Crippen molar-refractivity contribution in [2.75, 3.05) is 19.8 Å². The molecule has 0 atom stereocenters. The fourth-order valence-corrected chi connectivity index (χ4v) is 3.92. The molecule has 0 aromatic heterocycles. The van der Waals surface area contributed by atoms with E-state index in [9.17, 15) is 4.79 Å². The average Bonchev–Trinajstić information content (AvgIpc) is 3.13. The number of fused-ring (bicyclic) bond motifs is 3. The zero-order valence-electron chi connectivity index (χ0n) is 18.6. The summed E-state index contributed by atoms with van der Waals surface area (Å²) in [7, 11) is 0. The Morgan fingerprint density at radius 2 is 1.56 bits per heavy atom. The first-order valence-corrected chi connectivity index (χ1v) is 11.1. The van der Waals surface area contributed by atoms with Gasteiger partial charge in [0.05, 0.1) is 6.61 Å². The number of alkyl carbamates (subject to hydrolysis) is 1. The molecule has 4 nitrogen and oxygen atoms in total. The second-order valence-corrected chi connectivity index (χ2v) is 8.38. The molecular formula is C28H29NO3. The van der Waals surface area contributed by atoms with Crippen molar-refractivity contribution in [3.8, 4) is 16.9 Å². The fourth-order valence-electron chi connectivity index (χ4n) is 3.92. The fraction of sp³-hybridized carbons (Fsp3) is 0.250. The summed E-state index contributed by atoms with van der Waals surface area (Å²) in [6, 6.07) is 24.6. The Balaban J connectivity index is 1.25. The van der Waals surface area contributed by atoms with E-state index in [0.29, 0.717) is 25.7 Å². The van der Waals surface area contributed by atoms with Crippen LogP contribution in [0.4, 0.5) is 4.79 Å². The normalized spacial score (nSPS) is 12.6. The minimum atomic E-state index is -0.408. The van der Waals surface area contributed by atoms with Crippen molar-refractivity contribution in [2.24, 2.45) is 5.92 Å². The van der Waals surface area contributed by atoms with Crippen molar-refractivity contribution in [1.82, 2.24) is 5.32 Å². The molecule has 3 aromatic rings. The van der Waals surface area contributed by atoms with Gasteiger partial charge in [0.2, 0.25) is 0 Å². The Hall–Kier alpha value is -3.53. The molecule has 1 aliphatic rings. The molecule has 164 valence electrons. The third-order valence-electron chi connectivity index (χ3n) is 5.48. The van der Waals surface area contributed by atoms with Crippen molar-refractivity contribution in [3.63, 3.8) is 0 Å². The molecule has 1 aliphatic carbocycles. The van der Waals surface area contributed by atoms with E-state index in [4.69, 9.17) is 9.47 Å². The van der Waals surface area contributed by atoms with Crippen molar-refractivity contribution < 1.29 is 14.3 Å². The Bertz CT molecular complexity index is 1040. The minimum Gasteiger partial charge on any atom is -0.493 e. The van der Waals surface area contributed by atoms with E-state index in [-0.39, 0.29) is 5.92 Å². The first-order chi connectivity index (χ1) is 15.6. The third kappa shape index (κ3) is 5.20. The molecule has 1 amide bonds. The first-order valence-electron chi connectivity index (χ1n) is 11.1. The molecule has 0 radical (unpaired) electrons. The van der Waals surface area contributed by atoms with Crippen LogP contribution >= 0.6 is 0 Å². The van der Waals surface area contributed by atoms with Crippen molar-refractivity contribution in [1.29, 1.82) is 0 Å². The van der Waals surface area contributed by atoms with E-state index in [1.54, 1.807) is 0 Å². The maximum absolute atomic E-state index is 12.2. The van der Waals surface area contributed by atoms with E-state index in [1.165, 1.54) is 22.3 Å². The molecule has 0 unspecified atom stereocenters. The molecule has 0 saturated carbocycles. The molecule has 32 heavy (non-hydrogen) atoms. The predicted octanol–water partition coefficient (Wildman–Crippen LogP) is 6.27. The van der Waals surface area contributed by atoms with Gasteiger partial charge >= 0.3 is 6.09 Å². The highest BCUT2D eigenvalue weighted by atomic mass is 16.5. The lowest BCUT2D eigenvalue weighted by Gasteiger charge is -2.14. The van der Waals surface area contributed by atoms with Gasteiger partial charge in [-0.2, -0.15) is 0 Å². The van der Waals surface area contributed by atoms with Gasteiger partial charge in [0, 0.05) is 12.5 Å². The largest absolute Gasteiger partial charge is 0.493 e. The van der Waals surface area contributed by atoms with Crippen LogP contribution in [0.1, 0.15) is 36.5 Å². The molecule has 0 aliphatic heterocycles. The van der Waals surface area contributed by atoms with Crippen LogP contribution < -0.4 is 10.1 Å². The first kappa shape index (κ1) is 21.7. The molecule has 0 heterocycles. The SMILES string of the molecule is CC(C)COc1ccc(C=CCNC(=O)OCC2c3ccccc3-c3ccccc32)cc1. The van der Waals surface area contributed by atoms with Gasteiger partial charge in [-0.3, -0.25) is 0 Å². The Morgan fingerprint density at radius 1 is 0.938 bits per heavy atom. The summed E-state index contributed by atoms with van der Waals surface area (Å²) in [5.41, 5.74) is 5.92. The standard InChI is InChI=1S/C28H29NO3/c1-20(2)18-31-22-15-13-21(14-16-22)8-7-17-29-28(30)32-19-27-25-11-5-3-9-23(25)24-10-4-6-12-26(24)27/h3-16,20,27H,17-19H2,1-2H3,(H,29,30). The molecular weight excluding hydrogens is 398 g/mol. The van der Waals surface area contributed by atoms with Gasteiger partial charge < -0.3 is 14.8 Å². The van der Waals surface area contributed by atoms with E-state index >= 15 is 0 Å². The molecule has 0 spiro atoms. The van der Waals surface area contributed by atoms with Gasteiger partial charge in [0.25, 0.3) is 0 Å². The summed E-state index contributed by atoms with van der Waals surface area (Å²) in [5.74, 6) is 1.44. The van der Waals surface area contributed by atoms with E-state index in [1.807, 2.05) is 60.7 Å². The molecule has 4 rings (SSSR count). The van der Waals surface area contributed by atoms with Crippen molar-refractivity contribution in [2.45, 2.75) is 19.8 Å². The van der Waals surface area contributed by atoms with Crippen LogP contribution in [0.25, 0.3) is 17.2 Å². The number of hydrogen-bond donors (Lipinski definition) is 1. The summed E-state index contributed by atoms with van der Waals surface area (Å²) >= 11 is 0. The molecule has 3 aromatic carbocycles. The third-order valence-corrected chi connectivity index (χ3v) is 5.48. The number of benzene rings is 3. The maximum Gasteiger partial charge on any atom is 0.407 e. The number of nitrogens with one attached hydrogen (secondary N) is 1. The van der Waals surface area contributed by atoms with Gasteiger partial charge in [-0.05, 0) is 45.9 Å². The van der Waals surface area contributed by atoms with Crippen LogP contribution in [-0.2, 0) is 4.74 Å². The zero-order valence-corrected chi connectivity index (χ0v) is 18.6. The van der Waals surface area contributed by atoms with Crippen LogP contribution in [0, 0.1) is 5.92 Å². The van der Waals surface area contributed by atoms with Crippen LogP contribution in [0.15, 0.2) is 78.9 Å².